The highest BCUT2D eigenvalue weighted by atomic mass is 16.5. The summed E-state index contributed by atoms with van der Waals surface area (Å²) in [6.07, 6.45) is 6.96. The molecule has 0 bridgehead atoms. The zero-order valence-corrected chi connectivity index (χ0v) is 17.4. The number of guanidine groups is 1. The Balaban J connectivity index is 1.43. The summed E-state index contributed by atoms with van der Waals surface area (Å²) in [5.74, 6) is 1.74. The lowest BCUT2D eigenvalue weighted by atomic mass is 10.2. The first kappa shape index (κ1) is 20.2. The van der Waals surface area contributed by atoms with E-state index >= 15 is 0 Å². The standard InChI is InChI=1S/C23H29N5O2/c1-18-11-13-28(27-18)22-9-3-2-6-19(22)16-25-23(26-17-21-8-5-15-30-21)24-12-10-20-7-4-14-29-20/h2-4,6-7,9,11,13-14,21H,5,8,10,12,15-17H2,1H3,(H2,24,25,26). The third kappa shape index (κ3) is 5.51. The molecule has 30 heavy (non-hydrogen) atoms. The van der Waals surface area contributed by atoms with Crippen molar-refractivity contribution in [1.82, 2.24) is 20.4 Å². The summed E-state index contributed by atoms with van der Waals surface area (Å²) in [5.41, 5.74) is 3.15. The normalized spacial score (nSPS) is 16.7. The molecule has 0 saturated carbocycles. The van der Waals surface area contributed by atoms with Crippen LogP contribution in [0.1, 0.15) is 29.9 Å². The van der Waals surface area contributed by atoms with Crippen LogP contribution in [0.2, 0.25) is 0 Å². The van der Waals surface area contributed by atoms with Gasteiger partial charge in [-0.25, -0.2) is 9.67 Å². The van der Waals surface area contributed by atoms with Crippen molar-refractivity contribution >= 4 is 5.96 Å². The zero-order valence-electron chi connectivity index (χ0n) is 17.4. The van der Waals surface area contributed by atoms with Gasteiger partial charge in [-0.1, -0.05) is 18.2 Å². The van der Waals surface area contributed by atoms with Gasteiger partial charge in [-0.15, -0.1) is 0 Å². The number of aromatic nitrogens is 2. The van der Waals surface area contributed by atoms with E-state index in [-0.39, 0.29) is 6.10 Å². The Kier molecular flexibility index (Phi) is 6.82. The molecule has 1 aromatic carbocycles. The fourth-order valence-corrected chi connectivity index (χ4v) is 3.53. The van der Waals surface area contributed by atoms with Crippen molar-refractivity contribution in [2.24, 2.45) is 4.99 Å². The first-order chi connectivity index (χ1) is 14.8. The molecule has 3 aromatic rings. The number of hydrogen-bond acceptors (Lipinski definition) is 4. The minimum Gasteiger partial charge on any atom is -0.469 e. The van der Waals surface area contributed by atoms with Gasteiger partial charge in [-0.2, -0.15) is 5.10 Å². The van der Waals surface area contributed by atoms with Gasteiger partial charge in [-0.3, -0.25) is 0 Å². The Morgan fingerprint density at radius 2 is 2.13 bits per heavy atom. The van der Waals surface area contributed by atoms with Gasteiger partial charge in [0.05, 0.1) is 30.3 Å². The first-order valence-corrected chi connectivity index (χ1v) is 10.5. The van der Waals surface area contributed by atoms with E-state index in [1.54, 1.807) is 6.26 Å². The molecule has 7 nitrogen and oxygen atoms in total. The van der Waals surface area contributed by atoms with Crippen LogP contribution in [0, 0.1) is 6.92 Å². The molecule has 1 aliphatic heterocycles. The van der Waals surface area contributed by atoms with Crippen molar-refractivity contribution in [1.29, 1.82) is 0 Å². The van der Waals surface area contributed by atoms with E-state index in [2.05, 4.69) is 27.9 Å². The van der Waals surface area contributed by atoms with E-state index in [0.717, 1.165) is 67.6 Å². The maximum absolute atomic E-state index is 5.74. The Morgan fingerprint density at radius 1 is 1.20 bits per heavy atom. The number of aryl methyl sites for hydroxylation is 1. The van der Waals surface area contributed by atoms with Crippen LogP contribution < -0.4 is 10.6 Å². The summed E-state index contributed by atoms with van der Waals surface area (Å²) in [7, 11) is 0. The van der Waals surface area contributed by atoms with Gasteiger partial charge in [0.1, 0.15) is 5.76 Å². The SMILES string of the molecule is Cc1ccn(-c2ccccc2CN=C(NCCc2ccco2)NCC2CCCO2)n1. The molecule has 0 amide bonds. The van der Waals surface area contributed by atoms with Gasteiger partial charge in [0, 0.05) is 32.3 Å². The lowest BCUT2D eigenvalue weighted by Crippen LogP contribution is -2.41. The minimum atomic E-state index is 0.251. The van der Waals surface area contributed by atoms with Crippen molar-refractivity contribution in [3.8, 4) is 5.69 Å². The summed E-state index contributed by atoms with van der Waals surface area (Å²) < 4.78 is 13.1. The maximum atomic E-state index is 5.74. The molecule has 1 aliphatic rings. The predicted octanol–water partition coefficient (Wildman–Crippen LogP) is 3.23. The molecule has 7 heteroatoms. The van der Waals surface area contributed by atoms with Crippen molar-refractivity contribution in [3.05, 3.63) is 71.9 Å². The molecule has 1 saturated heterocycles. The molecule has 1 fully saturated rings. The molecule has 1 unspecified atom stereocenters. The number of hydrogen-bond donors (Lipinski definition) is 2. The van der Waals surface area contributed by atoms with Crippen LogP contribution in [0.3, 0.4) is 0 Å². The van der Waals surface area contributed by atoms with Crippen molar-refractivity contribution in [2.45, 2.75) is 38.8 Å². The van der Waals surface area contributed by atoms with E-state index < -0.39 is 0 Å². The van der Waals surface area contributed by atoms with E-state index in [1.807, 2.05) is 48.1 Å². The quantitative estimate of drug-likeness (QED) is 0.443. The van der Waals surface area contributed by atoms with Crippen LogP contribution in [0.4, 0.5) is 0 Å². The molecular formula is C23H29N5O2. The van der Waals surface area contributed by atoms with Crippen LogP contribution in [-0.2, 0) is 17.7 Å². The highest BCUT2D eigenvalue weighted by molar-refractivity contribution is 5.79. The number of nitrogens with one attached hydrogen (secondary N) is 2. The summed E-state index contributed by atoms with van der Waals surface area (Å²) in [6, 6.07) is 14.1. The van der Waals surface area contributed by atoms with Crippen LogP contribution in [-0.4, -0.2) is 41.5 Å². The average Bonchev–Trinajstić information content (AvgIpc) is 3.53. The van der Waals surface area contributed by atoms with Crippen molar-refractivity contribution in [2.75, 3.05) is 19.7 Å². The molecule has 0 aliphatic carbocycles. The Hall–Kier alpha value is -3.06. The van der Waals surface area contributed by atoms with Crippen LogP contribution >= 0.6 is 0 Å². The maximum Gasteiger partial charge on any atom is 0.191 e. The van der Waals surface area contributed by atoms with Crippen LogP contribution in [0.5, 0.6) is 0 Å². The fourth-order valence-electron chi connectivity index (χ4n) is 3.53. The summed E-state index contributed by atoms with van der Waals surface area (Å²) in [4.78, 5) is 4.83. The van der Waals surface area contributed by atoms with Gasteiger partial charge in [-0.05, 0) is 49.6 Å². The summed E-state index contributed by atoms with van der Waals surface area (Å²) in [5, 5.41) is 11.4. The number of furan rings is 1. The third-order valence-corrected chi connectivity index (χ3v) is 5.13. The molecule has 0 radical (unpaired) electrons. The molecule has 0 spiro atoms. The fraction of sp³-hybridized carbons (Fsp3) is 0.391. The van der Waals surface area contributed by atoms with Crippen LogP contribution in [0.15, 0.2) is 64.3 Å². The van der Waals surface area contributed by atoms with E-state index in [4.69, 9.17) is 14.1 Å². The number of para-hydroxylation sites is 1. The molecule has 3 heterocycles. The Bertz CT molecular complexity index is 942. The highest BCUT2D eigenvalue weighted by Gasteiger charge is 2.15. The summed E-state index contributed by atoms with van der Waals surface area (Å²) in [6.45, 7) is 4.89. The number of aliphatic imine (C=N–C) groups is 1. The van der Waals surface area contributed by atoms with E-state index in [1.165, 1.54) is 0 Å². The molecule has 2 aromatic heterocycles. The average molecular weight is 408 g/mol. The molecular weight excluding hydrogens is 378 g/mol. The lowest BCUT2D eigenvalue weighted by molar-refractivity contribution is 0.114. The van der Waals surface area contributed by atoms with Gasteiger partial charge in [0.2, 0.25) is 0 Å². The monoisotopic (exact) mass is 407 g/mol. The van der Waals surface area contributed by atoms with Gasteiger partial charge < -0.3 is 19.8 Å². The Labute approximate surface area is 177 Å². The predicted molar refractivity (Wildman–Crippen MR) is 117 cm³/mol. The minimum absolute atomic E-state index is 0.251. The van der Waals surface area contributed by atoms with Crippen molar-refractivity contribution < 1.29 is 9.15 Å². The molecule has 4 rings (SSSR count). The molecule has 1 atom stereocenters. The number of benzene rings is 1. The topological polar surface area (TPSA) is 76.6 Å². The van der Waals surface area contributed by atoms with Gasteiger partial charge >= 0.3 is 0 Å². The van der Waals surface area contributed by atoms with Gasteiger partial charge in [0.25, 0.3) is 0 Å². The highest BCUT2D eigenvalue weighted by Crippen LogP contribution is 2.15. The lowest BCUT2D eigenvalue weighted by Gasteiger charge is -2.16. The molecule has 158 valence electrons. The number of ether oxygens (including phenoxy) is 1. The number of rotatable bonds is 8. The number of nitrogens with zero attached hydrogens (tertiary/aromatic N) is 3. The van der Waals surface area contributed by atoms with Crippen molar-refractivity contribution in [3.63, 3.8) is 0 Å². The largest absolute Gasteiger partial charge is 0.469 e. The van der Waals surface area contributed by atoms with Gasteiger partial charge in [0.15, 0.2) is 5.96 Å². The Morgan fingerprint density at radius 3 is 2.90 bits per heavy atom. The molecule has 2 N–H and O–H groups in total. The zero-order chi connectivity index (χ0) is 20.6. The third-order valence-electron chi connectivity index (χ3n) is 5.13. The van der Waals surface area contributed by atoms with E-state index in [9.17, 15) is 0 Å². The second kappa shape index (κ2) is 10.1. The van der Waals surface area contributed by atoms with Crippen LogP contribution in [0.25, 0.3) is 5.69 Å². The summed E-state index contributed by atoms with van der Waals surface area (Å²) >= 11 is 0. The second-order valence-corrected chi connectivity index (χ2v) is 7.47. The second-order valence-electron chi connectivity index (χ2n) is 7.47. The van der Waals surface area contributed by atoms with E-state index in [0.29, 0.717) is 6.54 Å². The first-order valence-electron chi connectivity index (χ1n) is 10.5. The smallest absolute Gasteiger partial charge is 0.191 e.